The third-order valence-corrected chi connectivity index (χ3v) is 4.75. The van der Waals surface area contributed by atoms with Gasteiger partial charge in [-0.05, 0) is 29.8 Å². The molecule has 0 saturated heterocycles. The van der Waals surface area contributed by atoms with Gasteiger partial charge in [-0.25, -0.2) is 13.1 Å². The van der Waals surface area contributed by atoms with Crippen LogP contribution in [0.1, 0.15) is 11.3 Å². The minimum atomic E-state index is -3.68. The van der Waals surface area contributed by atoms with Gasteiger partial charge in [0.05, 0.1) is 38.8 Å². The van der Waals surface area contributed by atoms with Crippen LogP contribution in [0.2, 0.25) is 0 Å². The molecule has 0 bridgehead atoms. The molecule has 2 aromatic rings. The van der Waals surface area contributed by atoms with E-state index in [1.807, 2.05) is 0 Å². The number of carbonyl (C=O) groups is 1. The second-order valence-corrected chi connectivity index (χ2v) is 7.17. The first-order valence-corrected chi connectivity index (χ1v) is 9.43. The third kappa shape index (κ3) is 6.01. The molecule has 26 heavy (non-hydrogen) atoms. The third-order valence-electron chi connectivity index (χ3n) is 3.45. The van der Waals surface area contributed by atoms with Crippen LogP contribution >= 0.6 is 0 Å². The van der Waals surface area contributed by atoms with Crippen molar-refractivity contribution in [1.82, 2.24) is 15.0 Å². The molecule has 0 unspecified atom stereocenters. The first-order valence-electron chi connectivity index (χ1n) is 7.78. The molecule has 2 N–H and O–H groups in total. The number of sulfonamides is 1. The predicted octanol–water partition coefficient (Wildman–Crippen LogP) is 0.835. The molecule has 9 heteroatoms. The maximum atomic E-state index is 12.2. The maximum Gasteiger partial charge on any atom is 0.235 e. The van der Waals surface area contributed by atoms with Gasteiger partial charge >= 0.3 is 0 Å². The number of methoxy groups -OCH3 is 2. The van der Waals surface area contributed by atoms with E-state index in [-0.39, 0.29) is 18.8 Å². The summed E-state index contributed by atoms with van der Waals surface area (Å²) < 4.78 is 36.9. The van der Waals surface area contributed by atoms with E-state index >= 15 is 0 Å². The molecule has 1 aromatic heterocycles. The molecule has 1 amide bonds. The number of amides is 1. The summed E-state index contributed by atoms with van der Waals surface area (Å²) in [7, 11) is -0.708. The Labute approximate surface area is 152 Å². The van der Waals surface area contributed by atoms with Crippen LogP contribution in [0.15, 0.2) is 42.6 Å². The molecule has 0 aliphatic carbocycles. The van der Waals surface area contributed by atoms with Gasteiger partial charge < -0.3 is 14.8 Å². The molecule has 2 rings (SSSR count). The normalized spacial score (nSPS) is 11.0. The number of hydrogen-bond acceptors (Lipinski definition) is 6. The fraction of sp³-hybridized carbons (Fsp3) is 0.294. The van der Waals surface area contributed by atoms with Crippen molar-refractivity contribution in [3.05, 3.63) is 53.9 Å². The number of ether oxygens (including phenoxy) is 2. The zero-order chi connectivity index (χ0) is 19.0. The van der Waals surface area contributed by atoms with Crippen molar-refractivity contribution in [3.63, 3.8) is 0 Å². The van der Waals surface area contributed by atoms with E-state index in [2.05, 4.69) is 15.0 Å². The molecule has 8 nitrogen and oxygen atoms in total. The van der Waals surface area contributed by atoms with Crippen molar-refractivity contribution < 1.29 is 22.7 Å². The van der Waals surface area contributed by atoms with Crippen molar-refractivity contribution >= 4 is 15.9 Å². The zero-order valence-electron chi connectivity index (χ0n) is 14.6. The molecule has 0 aliphatic rings. The quantitative estimate of drug-likeness (QED) is 0.669. The van der Waals surface area contributed by atoms with Gasteiger partial charge in [-0.1, -0.05) is 12.1 Å². The van der Waals surface area contributed by atoms with Crippen LogP contribution in [0.4, 0.5) is 0 Å². The van der Waals surface area contributed by atoms with Crippen molar-refractivity contribution in [2.24, 2.45) is 0 Å². The largest absolute Gasteiger partial charge is 0.493 e. The van der Waals surface area contributed by atoms with Gasteiger partial charge in [-0.15, -0.1) is 0 Å². The van der Waals surface area contributed by atoms with Crippen molar-refractivity contribution in [2.45, 2.75) is 12.3 Å². The predicted molar refractivity (Wildman–Crippen MR) is 96.3 cm³/mol. The second-order valence-electron chi connectivity index (χ2n) is 5.37. The van der Waals surface area contributed by atoms with Crippen LogP contribution in [0.5, 0.6) is 11.5 Å². The van der Waals surface area contributed by atoms with E-state index in [0.717, 1.165) is 0 Å². The lowest BCUT2D eigenvalue weighted by Crippen LogP contribution is -2.37. The number of benzene rings is 1. The van der Waals surface area contributed by atoms with Crippen LogP contribution in [0, 0.1) is 0 Å². The molecular weight excluding hydrogens is 358 g/mol. The summed E-state index contributed by atoms with van der Waals surface area (Å²) in [6.07, 6.45) is 1.62. The monoisotopic (exact) mass is 379 g/mol. The highest BCUT2D eigenvalue weighted by molar-refractivity contribution is 7.88. The summed E-state index contributed by atoms with van der Waals surface area (Å²) in [5, 5.41) is 2.60. The highest BCUT2D eigenvalue weighted by atomic mass is 32.2. The van der Waals surface area contributed by atoms with Crippen molar-refractivity contribution in [2.75, 3.05) is 20.8 Å². The first-order chi connectivity index (χ1) is 12.4. The molecule has 0 radical (unpaired) electrons. The van der Waals surface area contributed by atoms with E-state index in [0.29, 0.717) is 22.8 Å². The number of hydrogen-bond donors (Lipinski definition) is 2. The van der Waals surface area contributed by atoms with E-state index in [4.69, 9.17) is 9.47 Å². The van der Waals surface area contributed by atoms with Crippen LogP contribution in [-0.4, -0.2) is 40.1 Å². The summed E-state index contributed by atoms with van der Waals surface area (Å²) >= 11 is 0. The molecule has 0 fully saturated rings. The highest BCUT2D eigenvalue weighted by Gasteiger charge is 2.15. The smallest absolute Gasteiger partial charge is 0.235 e. The molecule has 0 spiro atoms. The highest BCUT2D eigenvalue weighted by Crippen LogP contribution is 2.28. The summed E-state index contributed by atoms with van der Waals surface area (Å²) in [5.41, 5.74) is 1.21. The minimum absolute atomic E-state index is 0.233. The van der Waals surface area contributed by atoms with Crippen LogP contribution in [-0.2, 0) is 27.1 Å². The van der Waals surface area contributed by atoms with Gasteiger partial charge in [0.15, 0.2) is 11.5 Å². The molecule has 0 saturated carbocycles. The fourth-order valence-electron chi connectivity index (χ4n) is 2.17. The van der Waals surface area contributed by atoms with E-state index in [1.165, 1.54) is 14.2 Å². The lowest BCUT2D eigenvalue weighted by Gasteiger charge is -2.11. The average molecular weight is 379 g/mol. The maximum absolute atomic E-state index is 12.2. The van der Waals surface area contributed by atoms with Gasteiger partial charge in [0.1, 0.15) is 0 Å². The molecular formula is C17H21N3O5S. The minimum Gasteiger partial charge on any atom is -0.493 e. The number of aromatic nitrogens is 1. The topological polar surface area (TPSA) is 107 Å². The summed E-state index contributed by atoms with van der Waals surface area (Å²) in [6.45, 7) is -0.112. The number of rotatable bonds is 9. The van der Waals surface area contributed by atoms with Crippen LogP contribution < -0.4 is 19.5 Å². The van der Waals surface area contributed by atoms with Crippen molar-refractivity contribution in [3.8, 4) is 11.5 Å². The van der Waals surface area contributed by atoms with E-state index < -0.39 is 15.9 Å². The van der Waals surface area contributed by atoms with E-state index in [1.54, 1.807) is 42.6 Å². The Morgan fingerprint density at radius 2 is 1.88 bits per heavy atom. The summed E-state index contributed by atoms with van der Waals surface area (Å²) in [5.74, 6) is 0.233. The number of carbonyl (C=O) groups excluding carboxylic acids is 1. The second kappa shape index (κ2) is 9.16. The van der Waals surface area contributed by atoms with Gasteiger partial charge in [0, 0.05) is 6.20 Å². The Hall–Kier alpha value is -2.65. The number of nitrogens with one attached hydrogen (secondary N) is 2. The van der Waals surface area contributed by atoms with E-state index in [9.17, 15) is 13.2 Å². The van der Waals surface area contributed by atoms with Gasteiger partial charge in [0.2, 0.25) is 15.9 Å². The number of nitrogens with zero attached hydrogens (tertiary/aromatic N) is 1. The van der Waals surface area contributed by atoms with Gasteiger partial charge in [-0.2, -0.15) is 0 Å². The molecule has 0 atom stereocenters. The summed E-state index contributed by atoms with van der Waals surface area (Å²) in [4.78, 5) is 15.9. The van der Waals surface area contributed by atoms with Gasteiger partial charge in [-0.3, -0.25) is 9.78 Å². The fourth-order valence-corrected chi connectivity index (χ4v) is 3.24. The van der Waals surface area contributed by atoms with Gasteiger partial charge in [0.25, 0.3) is 0 Å². The molecule has 1 aromatic carbocycles. The lowest BCUT2D eigenvalue weighted by atomic mass is 10.2. The average Bonchev–Trinajstić information content (AvgIpc) is 2.65. The zero-order valence-corrected chi connectivity index (χ0v) is 15.4. The summed E-state index contributed by atoms with van der Waals surface area (Å²) in [6, 6.07) is 10.2. The Bertz CT molecular complexity index is 841. The molecule has 140 valence electrons. The Kier molecular flexibility index (Phi) is 6.93. The Morgan fingerprint density at radius 1 is 1.12 bits per heavy atom. The van der Waals surface area contributed by atoms with Crippen molar-refractivity contribution in [1.29, 1.82) is 0 Å². The Morgan fingerprint density at radius 3 is 2.54 bits per heavy atom. The SMILES string of the molecule is COc1ccc(CS(=O)(=O)NCC(=O)NCc2ccccn2)cc1OC. The standard InChI is InChI=1S/C17H21N3O5S/c1-24-15-7-6-13(9-16(15)25-2)12-26(22,23)20-11-17(21)19-10-14-5-3-4-8-18-14/h3-9,20H,10-12H2,1-2H3,(H,19,21). The number of pyridine rings is 1. The Balaban J connectivity index is 1.87. The lowest BCUT2D eigenvalue weighted by molar-refractivity contribution is -0.120. The molecule has 0 aliphatic heterocycles. The molecule has 1 heterocycles. The first kappa shape index (κ1) is 19.7. The van der Waals surface area contributed by atoms with Crippen LogP contribution in [0.3, 0.4) is 0 Å². The van der Waals surface area contributed by atoms with Crippen LogP contribution in [0.25, 0.3) is 0 Å².